The number of piperazine rings is 1. The third-order valence-electron chi connectivity index (χ3n) is 6.09. The average molecular weight is 455 g/mol. The number of aromatic nitrogens is 1. The van der Waals surface area contributed by atoms with E-state index in [0.717, 1.165) is 49.7 Å². The van der Waals surface area contributed by atoms with Crippen molar-refractivity contribution in [3.05, 3.63) is 58.2 Å². The fourth-order valence-corrected chi connectivity index (χ4v) is 4.50. The van der Waals surface area contributed by atoms with Crippen LogP contribution in [-0.4, -0.2) is 70.5 Å². The van der Waals surface area contributed by atoms with Crippen LogP contribution >= 0.6 is 11.6 Å². The summed E-state index contributed by atoms with van der Waals surface area (Å²) in [4.78, 5) is 45.4. The summed E-state index contributed by atoms with van der Waals surface area (Å²) in [6.45, 7) is 4.93. The molecule has 0 aliphatic carbocycles. The minimum absolute atomic E-state index is 0.189. The first-order valence-corrected chi connectivity index (χ1v) is 11.0. The van der Waals surface area contributed by atoms with E-state index in [1.165, 1.54) is 10.0 Å². The molecule has 1 aromatic carbocycles. The number of nitrogens with one attached hydrogen (secondary N) is 1. The van der Waals surface area contributed by atoms with Crippen molar-refractivity contribution in [3.63, 3.8) is 0 Å². The first-order chi connectivity index (χ1) is 15.5. The van der Waals surface area contributed by atoms with Crippen molar-refractivity contribution in [3.8, 4) is 0 Å². The summed E-state index contributed by atoms with van der Waals surface area (Å²) in [5.41, 5.74) is 2.65. The van der Waals surface area contributed by atoms with Crippen LogP contribution < -0.4 is 10.2 Å². The van der Waals surface area contributed by atoms with Crippen molar-refractivity contribution >= 4 is 35.3 Å². The van der Waals surface area contributed by atoms with E-state index in [1.54, 1.807) is 6.20 Å². The van der Waals surface area contributed by atoms with E-state index < -0.39 is 6.03 Å². The number of urea groups is 1. The Kier molecular flexibility index (Phi) is 5.44. The van der Waals surface area contributed by atoms with E-state index in [9.17, 15) is 14.4 Å². The van der Waals surface area contributed by atoms with Gasteiger partial charge in [0.2, 0.25) is 5.91 Å². The molecule has 0 bridgehead atoms. The van der Waals surface area contributed by atoms with Gasteiger partial charge in [0, 0.05) is 50.9 Å². The maximum atomic E-state index is 12.8. The van der Waals surface area contributed by atoms with Crippen molar-refractivity contribution in [2.75, 3.05) is 37.6 Å². The van der Waals surface area contributed by atoms with Crippen molar-refractivity contribution in [1.82, 2.24) is 25.2 Å². The lowest BCUT2D eigenvalue weighted by molar-refractivity contribution is -0.123. The Labute approximate surface area is 190 Å². The first-order valence-electron chi connectivity index (χ1n) is 10.6. The minimum Gasteiger partial charge on any atom is -0.354 e. The molecule has 0 radical (unpaired) electrons. The van der Waals surface area contributed by atoms with Gasteiger partial charge in [-0.05, 0) is 29.3 Å². The van der Waals surface area contributed by atoms with Crippen LogP contribution in [0.1, 0.15) is 27.9 Å². The maximum absolute atomic E-state index is 12.8. The van der Waals surface area contributed by atoms with Crippen LogP contribution in [0.25, 0.3) is 0 Å². The SMILES string of the molecule is O=C1CCN(N2Cc3cc(CN4CCN(c5ccc(Cl)cn5)CC4)ccc3C2=O)C(=O)N1. The summed E-state index contributed by atoms with van der Waals surface area (Å²) in [5.74, 6) is 0.415. The van der Waals surface area contributed by atoms with E-state index >= 15 is 0 Å². The van der Waals surface area contributed by atoms with E-state index in [1.807, 2.05) is 30.3 Å². The monoisotopic (exact) mass is 454 g/mol. The molecule has 2 saturated heterocycles. The summed E-state index contributed by atoms with van der Waals surface area (Å²) in [5, 5.41) is 5.66. The van der Waals surface area contributed by atoms with Gasteiger partial charge in [-0.15, -0.1) is 0 Å². The average Bonchev–Trinajstić information content (AvgIpc) is 3.10. The van der Waals surface area contributed by atoms with Crippen LogP contribution in [0.2, 0.25) is 5.02 Å². The zero-order chi connectivity index (χ0) is 22.2. The second kappa shape index (κ2) is 8.40. The molecule has 5 rings (SSSR count). The van der Waals surface area contributed by atoms with Gasteiger partial charge in [0.25, 0.3) is 5.91 Å². The molecule has 0 atom stereocenters. The van der Waals surface area contributed by atoms with E-state index in [4.69, 9.17) is 11.6 Å². The fraction of sp³-hybridized carbons (Fsp3) is 0.364. The molecule has 10 heteroatoms. The molecule has 0 unspecified atom stereocenters. The molecule has 1 aromatic heterocycles. The highest BCUT2D eigenvalue weighted by molar-refractivity contribution is 6.30. The van der Waals surface area contributed by atoms with Crippen LogP contribution in [0.15, 0.2) is 36.5 Å². The van der Waals surface area contributed by atoms with Gasteiger partial charge in [0.1, 0.15) is 5.82 Å². The molecule has 32 heavy (non-hydrogen) atoms. The lowest BCUT2D eigenvalue weighted by Crippen LogP contribution is -2.56. The quantitative estimate of drug-likeness (QED) is 0.758. The molecular weight excluding hydrogens is 432 g/mol. The van der Waals surface area contributed by atoms with Crippen molar-refractivity contribution in [2.24, 2.45) is 0 Å². The van der Waals surface area contributed by atoms with Crippen LogP contribution in [0, 0.1) is 0 Å². The second-order valence-corrected chi connectivity index (χ2v) is 8.62. The zero-order valence-corrected chi connectivity index (χ0v) is 18.2. The van der Waals surface area contributed by atoms with Crippen LogP contribution in [0.3, 0.4) is 0 Å². The largest absolute Gasteiger partial charge is 0.354 e. The summed E-state index contributed by atoms with van der Waals surface area (Å²) in [6.07, 6.45) is 1.86. The number of hydrazine groups is 1. The van der Waals surface area contributed by atoms with Gasteiger partial charge in [-0.25, -0.2) is 19.8 Å². The van der Waals surface area contributed by atoms with Gasteiger partial charge in [-0.2, -0.15) is 0 Å². The number of rotatable bonds is 4. The smallest absolute Gasteiger partial charge is 0.342 e. The first kappa shape index (κ1) is 20.7. The second-order valence-electron chi connectivity index (χ2n) is 8.18. The molecule has 2 aromatic rings. The Hall–Kier alpha value is -3.17. The van der Waals surface area contributed by atoms with Gasteiger partial charge in [-0.3, -0.25) is 19.8 Å². The molecular formula is C22H23ClN6O3. The highest BCUT2D eigenvalue weighted by Crippen LogP contribution is 2.27. The van der Waals surface area contributed by atoms with E-state index in [2.05, 4.69) is 20.1 Å². The molecule has 1 N–H and O–H groups in total. The van der Waals surface area contributed by atoms with Gasteiger partial charge in [0.05, 0.1) is 18.1 Å². The Balaban J connectivity index is 1.21. The number of anilines is 1. The molecule has 9 nitrogen and oxygen atoms in total. The lowest BCUT2D eigenvalue weighted by atomic mass is 10.1. The Morgan fingerprint density at radius 3 is 2.50 bits per heavy atom. The standard InChI is InChI=1S/C22H23ClN6O3/c23-17-2-4-19(24-12-17)27-9-7-26(8-10-27)13-15-1-3-18-16(11-15)14-29(21(18)31)28-6-5-20(30)25-22(28)32/h1-4,11-12H,5-10,13-14H2,(H,25,30,32). The number of benzene rings is 1. The number of nitrogens with zero attached hydrogens (tertiary/aromatic N) is 5. The third-order valence-corrected chi connectivity index (χ3v) is 6.32. The highest BCUT2D eigenvalue weighted by Gasteiger charge is 2.36. The van der Waals surface area contributed by atoms with Crippen LogP contribution in [0.4, 0.5) is 10.6 Å². The third kappa shape index (κ3) is 4.01. The Bertz CT molecular complexity index is 1070. The fourth-order valence-electron chi connectivity index (χ4n) is 4.39. The summed E-state index contributed by atoms with van der Waals surface area (Å²) in [6, 6.07) is 9.13. The number of carbonyl (C=O) groups is 3. The Morgan fingerprint density at radius 1 is 0.969 bits per heavy atom. The summed E-state index contributed by atoms with van der Waals surface area (Å²) < 4.78 is 0. The van der Waals surface area contributed by atoms with Gasteiger partial charge < -0.3 is 4.90 Å². The molecule has 0 saturated carbocycles. The predicted octanol–water partition coefficient (Wildman–Crippen LogP) is 1.87. The number of halogens is 1. The van der Waals surface area contributed by atoms with Crippen molar-refractivity contribution in [2.45, 2.75) is 19.5 Å². The lowest BCUT2D eigenvalue weighted by Gasteiger charge is -2.35. The van der Waals surface area contributed by atoms with Crippen molar-refractivity contribution < 1.29 is 14.4 Å². The number of hydrogen-bond acceptors (Lipinski definition) is 6. The molecule has 3 aliphatic heterocycles. The van der Waals surface area contributed by atoms with Crippen LogP contribution in [0.5, 0.6) is 0 Å². The molecule has 166 valence electrons. The normalized spacial score (nSPS) is 19.4. The van der Waals surface area contributed by atoms with Gasteiger partial charge in [-0.1, -0.05) is 23.7 Å². The number of pyridine rings is 1. The van der Waals surface area contributed by atoms with Crippen LogP contribution in [-0.2, 0) is 17.9 Å². The molecule has 4 heterocycles. The number of imide groups is 1. The Morgan fingerprint density at radius 2 is 1.78 bits per heavy atom. The molecule has 2 fully saturated rings. The summed E-state index contributed by atoms with van der Waals surface area (Å²) in [7, 11) is 0. The van der Waals surface area contributed by atoms with Crippen molar-refractivity contribution in [1.29, 1.82) is 0 Å². The van der Waals surface area contributed by atoms with Gasteiger partial charge >= 0.3 is 6.03 Å². The topological polar surface area (TPSA) is 89.1 Å². The maximum Gasteiger partial charge on any atom is 0.342 e. The van der Waals surface area contributed by atoms with Gasteiger partial charge in [0.15, 0.2) is 0 Å². The number of carbonyl (C=O) groups excluding carboxylic acids is 3. The number of fused-ring (bicyclic) bond motifs is 1. The highest BCUT2D eigenvalue weighted by atomic mass is 35.5. The minimum atomic E-state index is -0.546. The number of amides is 4. The zero-order valence-electron chi connectivity index (χ0n) is 17.5. The number of hydrogen-bond donors (Lipinski definition) is 1. The molecule has 3 aliphatic rings. The van der Waals surface area contributed by atoms with E-state index in [0.29, 0.717) is 17.1 Å². The predicted molar refractivity (Wildman–Crippen MR) is 118 cm³/mol. The molecule has 0 spiro atoms. The summed E-state index contributed by atoms with van der Waals surface area (Å²) >= 11 is 5.93. The molecule has 4 amide bonds. The van der Waals surface area contributed by atoms with E-state index in [-0.39, 0.29) is 24.8 Å².